The smallest absolute Gasteiger partial charge is 0.138 e. The van der Waals surface area contributed by atoms with Gasteiger partial charge in [-0.1, -0.05) is 18.2 Å². The monoisotopic (exact) mass is 151 g/mol. The van der Waals surface area contributed by atoms with Gasteiger partial charge in [-0.2, -0.15) is 0 Å². The minimum atomic E-state index is -0.434. The van der Waals surface area contributed by atoms with E-state index >= 15 is 0 Å². The SMILES string of the molecule is C=C(C)[C@H]1C=C[C@]2(N)CC1O2. The summed E-state index contributed by atoms with van der Waals surface area (Å²) in [5, 5.41) is 0. The fraction of sp³-hybridized carbons (Fsp3) is 0.556. The van der Waals surface area contributed by atoms with Crippen LogP contribution in [0.25, 0.3) is 0 Å². The molecule has 2 aliphatic heterocycles. The zero-order valence-corrected chi connectivity index (χ0v) is 6.71. The van der Waals surface area contributed by atoms with Crippen LogP contribution in [0.1, 0.15) is 13.3 Å². The summed E-state index contributed by atoms with van der Waals surface area (Å²) in [6.07, 6.45) is 5.30. The first-order valence-electron chi connectivity index (χ1n) is 3.92. The van der Waals surface area contributed by atoms with E-state index in [1.807, 2.05) is 13.0 Å². The summed E-state index contributed by atoms with van der Waals surface area (Å²) in [6.45, 7) is 5.93. The summed E-state index contributed by atoms with van der Waals surface area (Å²) in [5.41, 5.74) is 6.49. The van der Waals surface area contributed by atoms with Gasteiger partial charge in [0, 0.05) is 12.3 Å². The lowest BCUT2D eigenvalue weighted by molar-refractivity contribution is -0.193. The van der Waals surface area contributed by atoms with Crippen molar-refractivity contribution in [2.75, 3.05) is 0 Å². The first-order valence-corrected chi connectivity index (χ1v) is 3.92. The van der Waals surface area contributed by atoms with Gasteiger partial charge in [0.25, 0.3) is 0 Å². The maximum atomic E-state index is 5.77. The molecule has 3 atom stereocenters. The largest absolute Gasteiger partial charge is 0.353 e. The maximum Gasteiger partial charge on any atom is 0.138 e. The number of fused-ring (bicyclic) bond motifs is 1. The van der Waals surface area contributed by atoms with E-state index < -0.39 is 5.72 Å². The van der Waals surface area contributed by atoms with E-state index in [9.17, 15) is 0 Å². The highest BCUT2D eigenvalue weighted by Crippen LogP contribution is 2.41. The number of ether oxygens (including phenoxy) is 1. The number of hydrogen-bond acceptors (Lipinski definition) is 2. The van der Waals surface area contributed by atoms with E-state index in [1.54, 1.807) is 0 Å². The van der Waals surface area contributed by atoms with Crippen molar-refractivity contribution in [1.29, 1.82) is 0 Å². The van der Waals surface area contributed by atoms with Gasteiger partial charge in [-0.25, -0.2) is 0 Å². The third-order valence-electron chi connectivity index (χ3n) is 2.45. The lowest BCUT2D eigenvalue weighted by atomic mass is 9.79. The van der Waals surface area contributed by atoms with E-state index in [4.69, 9.17) is 10.5 Å². The minimum absolute atomic E-state index is 0.294. The van der Waals surface area contributed by atoms with Gasteiger partial charge in [0.1, 0.15) is 5.72 Å². The molecule has 2 nitrogen and oxygen atoms in total. The number of hydrogen-bond donors (Lipinski definition) is 1. The van der Waals surface area contributed by atoms with Gasteiger partial charge in [0.05, 0.1) is 6.10 Å². The Labute approximate surface area is 66.7 Å². The highest BCUT2D eigenvalue weighted by molar-refractivity contribution is 5.23. The fourth-order valence-corrected chi connectivity index (χ4v) is 1.77. The van der Waals surface area contributed by atoms with E-state index in [0.29, 0.717) is 12.0 Å². The molecule has 11 heavy (non-hydrogen) atoms. The van der Waals surface area contributed by atoms with Crippen molar-refractivity contribution in [3.63, 3.8) is 0 Å². The Balaban J connectivity index is 2.19. The first kappa shape index (κ1) is 7.07. The molecule has 0 spiro atoms. The van der Waals surface area contributed by atoms with E-state index in [1.165, 1.54) is 0 Å². The summed E-state index contributed by atoms with van der Waals surface area (Å²) in [7, 11) is 0. The zero-order valence-electron chi connectivity index (χ0n) is 6.71. The minimum Gasteiger partial charge on any atom is -0.353 e. The lowest BCUT2D eigenvalue weighted by Crippen LogP contribution is -2.60. The van der Waals surface area contributed by atoms with Crippen LogP contribution in [0.5, 0.6) is 0 Å². The molecule has 0 amide bonds. The number of rotatable bonds is 1. The molecule has 3 rings (SSSR count). The first-order chi connectivity index (χ1) is 5.11. The van der Waals surface area contributed by atoms with Crippen molar-refractivity contribution < 1.29 is 4.74 Å². The molecule has 1 saturated heterocycles. The maximum absolute atomic E-state index is 5.77. The lowest BCUT2D eigenvalue weighted by Gasteiger charge is -2.49. The average Bonchev–Trinajstić information content (AvgIpc) is 1.85. The quantitative estimate of drug-likeness (QED) is 0.571. The van der Waals surface area contributed by atoms with Crippen LogP contribution in [0.4, 0.5) is 0 Å². The second-order valence-electron chi connectivity index (χ2n) is 3.55. The van der Waals surface area contributed by atoms with Crippen LogP contribution in [0.3, 0.4) is 0 Å². The second kappa shape index (κ2) is 1.96. The summed E-state index contributed by atoms with van der Waals surface area (Å²) in [4.78, 5) is 0. The Morgan fingerprint density at radius 2 is 2.45 bits per heavy atom. The van der Waals surface area contributed by atoms with Crippen LogP contribution in [-0.4, -0.2) is 11.8 Å². The molecule has 1 unspecified atom stereocenters. The standard InChI is InChI=1S/C9H13NO/c1-6(2)7-3-4-9(10)5-8(7)11-9/h3-4,7-8H,1,5,10H2,2H3/t7-,8?,9-/m1/s1. The fourth-order valence-electron chi connectivity index (χ4n) is 1.77. The molecule has 3 aliphatic rings. The molecular formula is C9H13NO. The molecule has 0 saturated carbocycles. The van der Waals surface area contributed by atoms with Gasteiger partial charge in [-0.15, -0.1) is 0 Å². The normalized spacial score (nSPS) is 46.7. The van der Waals surface area contributed by atoms with Crippen molar-refractivity contribution in [3.8, 4) is 0 Å². The highest BCUT2D eigenvalue weighted by atomic mass is 16.5. The zero-order chi connectivity index (χ0) is 8.06. The number of nitrogens with two attached hydrogens (primary N) is 1. The van der Waals surface area contributed by atoms with Gasteiger partial charge >= 0.3 is 0 Å². The van der Waals surface area contributed by atoms with Gasteiger partial charge in [0.15, 0.2) is 0 Å². The molecule has 60 valence electrons. The second-order valence-corrected chi connectivity index (χ2v) is 3.55. The van der Waals surface area contributed by atoms with Crippen molar-refractivity contribution in [2.45, 2.75) is 25.2 Å². The average molecular weight is 151 g/mol. The van der Waals surface area contributed by atoms with Gasteiger partial charge in [-0.3, -0.25) is 0 Å². The Bertz CT molecular complexity index is 226. The molecule has 0 radical (unpaired) electrons. The molecule has 2 N–H and O–H groups in total. The van der Waals surface area contributed by atoms with Crippen LogP contribution >= 0.6 is 0 Å². The molecule has 2 bridgehead atoms. The third-order valence-corrected chi connectivity index (χ3v) is 2.45. The van der Waals surface area contributed by atoms with Crippen LogP contribution in [-0.2, 0) is 4.74 Å². The molecular weight excluding hydrogens is 138 g/mol. The molecule has 0 aromatic rings. The van der Waals surface area contributed by atoms with Crippen molar-refractivity contribution in [3.05, 3.63) is 24.3 Å². The van der Waals surface area contributed by atoms with Crippen LogP contribution in [0.15, 0.2) is 24.3 Å². The summed E-state index contributed by atoms with van der Waals surface area (Å²) < 4.78 is 5.47. The Kier molecular flexibility index (Phi) is 1.26. The van der Waals surface area contributed by atoms with Crippen LogP contribution in [0, 0.1) is 5.92 Å². The van der Waals surface area contributed by atoms with Gasteiger partial charge in [0.2, 0.25) is 0 Å². The topological polar surface area (TPSA) is 35.2 Å². The van der Waals surface area contributed by atoms with Crippen LogP contribution < -0.4 is 5.73 Å². The predicted octanol–water partition coefficient (Wildman–Crippen LogP) is 1.19. The van der Waals surface area contributed by atoms with Crippen molar-refractivity contribution >= 4 is 0 Å². The molecule has 2 heterocycles. The highest BCUT2D eigenvalue weighted by Gasteiger charge is 2.47. The van der Waals surface area contributed by atoms with Gasteiger partial charge < -0.3 is 10.5 Å². The Hall–Kier alpha value is -0.600. The summed E-state index contributed by atoms with van der Waals surface area (Å²) in [6, 6.07) is 0. The summed E-state index contributed by atoms with van der Waals surface area (Å²) >= 11 is 0. The Morgan fingerprint density at radius 1 is 1.82 bits per heavy atom. The Morgan fingerprint density at radius 3 is 2.82 bits per heavy atom. The third kappa shape index (κ3) is 0.940. The summed E-state index contributed by atoms with van der Waals surface area (Å²) in [5.74, 6) is 0.389. The molecule has 2 heteroatoms. The van der Waals surface area contributed by atoms with Crippen molar-refractivity contribution in [2.24, 2.45) is 11.7 Å². The molecule has 1 fully saturated rings. The predicted molar refractivity (Wildman–Crippen MR) is 43.9 cm³/mol. The molecule has 0 aromatic carbocycles. The van der Waals surface area contributed by atoms with E-state index in [0.717, 1.165) is 12.0 Å². The van der Waals surface area contributed by atoms with E-state index in [2.05, 4.69) is 12.7 Å². The van der Waals surface area contributed by atoms with Crippen LogP contribution in [0.2, 0.25) is 0 Å². The van der Waals surface area contributed by atoms with Crippen molar-refractivity contribution in [1.82, 2.24) is 0 Å². The van der Waals surface area contributed by atoms with Gasteiger partial charge in [-0.05, 0) is 13.0 Å². The molecule has 0 aromatic heterocycles. The molecule has 1 aliphatic carbocycles. The van der Waals surface area contributed by atoms with E-state index in [-0.39, 0.29) is 0 Å².